The van der Waals surface area contributed by atoms with E-state index in [-0.39, 0.29) is 17.6 Å². The van der Waals surface area contributed by atoms with Crippen molar-refractivity contribution in [3.05, 3.63) is 46.8 Å². The molecule has 2 aliphatic rings. The van der Waals surface area contributed by atoms with Gasteiger partial charge in [-0.15, -0.1) is 0 Å². The number of nitrogens with zero attached hydrogens (tertiary/aromatic N) is 4. The molecule has 202 valence electrons. The van der Waals surface area contributed by atoms with Crippen molar-refractivity contribution < 1.29 is 9.47 Å². The van der Waals surface area contributed by atoms with Gasteiger partial charge in [-0.2, -0.15) is 5.10 Å². The van der Waals surface area contributed by atoms with E-state index < -0.39 is 0 Å². The molecule has 2 N–H and O–H groups in total. The van der Waals surface area contributed by atoms with Gasteiger partial charge in [0.25, 0.3) is 0 Å². The molecule has 3 aromatic heterocycles. The molecule has 38 heavy (non-hydrogen) atoms. The number of imidazole rings is 1. The molecule has 0 bridgehead atoms. The van der Waals surface area contributed by atoms with Crippen LogP contribution in [0.15, 0.2) is 35.5 Å². The van der Waals surface area contributed by atoms with Crippen LogP contribution in [-0.4, -0.2) is 57.1 Å². The Labute approximate surface area is 222 Å². The minimum absolute atomic E-state index is 0.0187. The first-order valence-electron chi connectivity index (χ1n) is 14.0. The number of hydrogen-bond donors (Lipinski definition) is 2. The van der Waals surface area contributed by atoms with Gasteiger partial charge in [0.1, 0.15) is 6.33 Å². The molecule has 4 aromatic rings. The van der Waals surface area contributed by atoms with Crippen LogP contribution in [0.3, 0.4) is 0 Å². The van der Waals surface area contributed by atoms with Gasteiger partial charge in [0, 0.05) is 37.1 Å². The number of methoxy groups -OCH3 is 1. The lowest BCUT2D eigenvalue weighted by molar-refractivity contribution is 0.0648. The molecule has 0 atom stereocenters. The maximum atomic E-state index is 13.3. The first kappa shape index (κ1) is 25.1. The number of H-pyrrole nitrogens is 1. The van der Waals surface area contributed by atoms with Crippen LogP contribution in [0.1, 0.15) is 69.9 Å². The van der Waals surface area contributed by atoms with Crippen molar-refractivity contribution in [3.8, 4) is 16.9 Å². The molecule has 1 aromatic carbocycles. The summed E-state index contributed by atoms with van der Waals surface area (Å²) in [7, 11) is 1.65. The molecule has 4 heterocycles. The lowest BCUT2D eigenvalue weighted by Crippen LogP contribution is -2.38. The number of fused-ring (bicyclic) bond motifs is 2. The van der Waals surface area contributed by atoms with Crippen LogP contribution in [0, 0.1) is 5.92 Å². The number of pyridine rings is 1. The number of aromatic nitrogens is 5. The summed E-state index contributed by atoms with van der Waals surface area (Å²) in [6.45, 7) is 7.26. The quantitative estimate of drug-likeness (QED) is 0.369. The van der Waals surface area contributed by atoms with Crippen LogP contribution in [0.25, 0.3) is 27.8 Å². The van der Waals surface area contributed by atoms with Crippen LogP contribution >= 0.6 is 0 Å². The molecule has 9 nitrogen and oxygen atoms in total. The predicted octanol–water partition coefficient (Wildman–Crippen LogP) is 4.67. The van der Waals surface area contributed by atoms with E-state index in [0.29, 0.717) is 17.4 Å². The van der Waals surface area contributed by atoms with Crippen molar-refractivity contribution in [1.82, 2.24) is 29.5 Å². The van der Waals surface area contributed by atoms with E-state index in [2.05, 4.69) is 46.4 Å². The van der Waals surface area contributed by atoms with Crippen molar-refractivity contribution in [1.29, 1.82) is 0 Å². The van der Waals surface area contributed by atoms with Crippen molar-refractivity contribution in [2.75, 3.05) is 26.9 Å². The number of nitrogens with one attached hydrogen (secondary N) is 2. The van der Waals surface area contributed by atoms with Gasteiger partial charge in [0.15, 0.2) is 11.4 Å². The zero-order valence-electron chi connectivity index (χ0n) is 22.6. The highest BCUT2D eigenvalue weighted by atomic mass is 16.5. The topological polar surface area (TPSA) is 98.5 Å². The highest BCUT2D eigenvalue weighted by Crippen LogP contribution is 2.37. The minimum Gasteiger partial charge on any atom is -0.493 e. The standard InChI is InChI=1S/C29H38N6O3/c1-18(2)23-14-26-25(13-24(23)20-12-27(37-3)28-31-17-32-34(28)16-20)33-29(36)35(26)22-6-4-21(5-7-22)30-15-19-8-10-38-11-9-19/h12-14,16-19,21-22,30H,4-11,15H2,1-3H3,(H,33,36). The van der Waals surface area contributed by atoms with Crippen LogP contribution in [-0.2, 0) is 4.74 Å². The van der Waals surface area contributed by atoms with Gasteiger partial charge in [-0.25, -0.2) is 14.3 Å². The maximum Gasteiger partial charge on any atom is 0.326 e. The third kappa shape index (κ3) is 4.73. The third-order valence-corrected chi connectivity index (χ3v) is 8.48. The Morgan fingerprint density at radius 1 is 1.13 bits per heavy atom. The SMILES string of the molecule is COc1cc(-c2cc3[nH]c(=O)n(C4CCC(NCC5CCOCC5)CC4)c3cc2C(C)C)cn2ncnc12. The molecule has 0 amide bonds. The molecule has 9 heteroatoms. The monoisotopic (exact) mass is 518 g/mol. The average Bonchev–Trinajstić information content (AvgIpc) is 3.54. The Hall–Kier alpha value is -3.17. The number of rotatable bonds is 7. The number of aromatic amines is 1. The molecule has 2 fully saturated rings. The molecule has 0 spiro atoms. The average molecular weight is 519 g/mol. The molecule has 0 unspecified atom stereocenters. The van der Waals surface area contributed by atoms with Gasteiger partial charge in [-0.3, -0.25) is 4.57 Å². The predicted molar refractivity (Wildman–Crippen MR) is 148 cm³/mol. The number of benzene rings is 1. The lowest BCUT2D eigenvalue weighted by Gasteiger charge is -2.32. The van der Waals surface area contributed by atoms with Crippen molar-refractivity contribution in [2.45, 2.75) is 70.4 Å². The van der Waals surface area contributed by atoms with Crippen molar-refractivity contribution in [2.24, 2.45) is 5.92 Å². The van der Waals surface area contributed by atoms with Crippen LogP contribution < -0.4 is 15.7 Å². The Kier molecular flexibility index (Phi) is 6.97. The number of ether oxygens (including phenoxy) is 2. The highest BCUT2D eigenvalue weighted by molar-refractivity contribution is 5.85. The van der Waals surface area contributed by atoms with Crippen LogP contribution in [0.5, 0.6) is 5.75 Å². The first-order valence-corrected chi connectivity index (χ1v) is 14.0. The summed E-state index contributed by atoms with van der Waals surface area (Å²) in [6, 6.07) is 7.08. The molecule has 1 aliphatic carbocycles. The Bertz CT molecular complexity index is 1470. The summed E-state index contributed by atoms with van der Waals surface area (Å²) < 4.78 is 14.9. The van der Waals surface area contributed by atoms with E-state index in [0.717, 1.165) is 86.4 Å². The van der Waals surface area contributed by atoms with E-state index in [1.165, 1.54) is 11.9 Å². The summed E-state index contributed by atoms with van der Waals surface area (Å²) in [4.78, 5) is 20.7. The molecular weight excluding hydrogens is 480 g/mol. The second kappa shape index (κ2) is 10.5. The fraction of sp³-hybridized carbons (Fsp3) is 0.552. The summed E-state index contributed by atoms with van der Waals surface area (Å²) in [5.41, 5.74) is 5.77. The minimum atomic E-state index is -0.0187. The van der Waals surface area contributed by atoms with E-state index in [1.54, 1.807) is 11.6 Å². The maximum absolute atomic E-state index is 13.3. The largest absolute Gasteiger partial charge is 0.493 e. The van der Waals surface area contributed by atoms with E-state index in [1.807, 2.05) is 16.8 Å². The summed E-state index contributed by atoms with van der Waals surface area (Å²) in [5, 5.41) is 8.13. The fourth-order valence-electron chi connectivity index (χ4n) is 6.29. The van der Waals surface area contributed by atoms with Gasteiger partial charge in [0.05, 0.1) is 18.1 Å². The van der Waals surface area contributed by atoms with Crippen LogP contribution in [0.2, 0.25) is 0 Å². The smallest absolute Gasteiger partial charge is 0.326 e. The van der Waals surface area contributed by atoms with Gasteiger partial charge < -0.3 is 19.8 Å². The summed E-state index contributed by atoms with van der Waals surface area (Å²) in [5.74, 6) is 1.67. The van der Waals surface area contributed by atoms with Gasteiger partial charge >= 0.3 is 5.69 Å². The Balaban J connectivity index is 1.27. The first-order chi connectivity index (χ1) is 18.5. The summed E-state index contributed by atoms with van der Waals surface area (Å²) in [6.07, 6.45) is 10.0. The van der Waals surface area contributed by atoms with Gasteiger partial charge in [0.2, 0.25) is 0 Å². The van der Waals surface area contributed by atoms with Gasteiger partial charge in [-0.05, 0) is 86.2 Å². The second-order valence-corrected chi connectivity index (χ2v) is 11.2. The molecular formula is C29H38N6O3. The van der Waals surface area contributed by atoms with Gasteiger partial charge in [-0.1, -0.05) is 13.8 Å². The molecule has 0 radical (unpaired) electrons. The van der Waals surface area contributed by atoms with Crippen molar-refractivity contribution in [3.63, 3.8) is 0 Å². The molecule has 1 saturated carbocycles. The Morgan fingerprint density at radius 3 is 2.66 bits per heavy atom. The van der Waals surface area contributed by atoms with E-state index in [4.69, 9.17) is 9.47 Å². The number of hydrogen-bond acceptors (Lipinski definition) is 6. The summed E-state index contributed by atoms with van der Waals surface area (Å²) >= 11 is 0. The highest BCUT2D eigenvalue weighted by Gasteiger charge is 2.26. The zero-order chi connectivity index (χ0) is 26.2. The molecule has 1 aliphatic heterocycles. The second-order valence-electron chi connectivity index (χ2n) is 11.2. The third-order valence-electron chi connectivity index (χ3n) is 8.48. The van der Waals surface area contributed by atoms with E-state index in [9.17, 15) is 4.79 Å². The zero-order valence-corrected chi connectivity index (χ0v) is 22.6. The van der Waals surface area contributed by atoms with E-state index >= 15 is 0 Å². The molecule has 6 rings (SSSR count). The van der Waals surface area contributed by atoms with Crippen molar-refractivity contribution >= 4 is 16.7 Å². The fourth-order valence-corrected chi connectivity index (χ4v) is 6.29. The molecule has 1 saturated heterocycles. The normalized spacial score (nSPS) is 21.1. The van der Waals surface area contributed by atoms with Crippen LogP contribution in [0.4, 0.5) is 0 Å². The lowest BCUT2D eigenvalue weighted by atomic mass is 9.89. The Morgan fingerprint density at radius 2 is 1.92 bits per heavy atom.